The Hall–Kier alpha value is -2.52. The highest BCUT2D eigenvalue weighted by Crippen LogP contribution is 2.30. The van der Waals surface area contributed by atoms with Crippen LogP contribution in [0.1, 0.15) is 50.6 Å². The lowest BCUT2D eigenvalue weighted by Crippen LogP contribution is -2.40. The normalized spacial score (nSPS) is 22.4. The van der Waals surface area contributed by atoms with E-state index in [2.05, 4.69) is 22.2 Å². The summed E-state index contributed by atoms with van der Waals surface area (Å²) in [7, 11) is 3.91. The minimum absolute atomic E-state index is 0.0265. The molecule has 1 saturated carbocycles. The summed E-state index contributed by atoms with van der Waals surface area (Å²) >= 11 is 1.57. The number of aromatic nitrogens is 4. The van der Waals surface area contributed by atoms with Crippen molar-refractivity contribution in [2.24, 2.45) is 18.9 Å². The van der Waals surface area contributed by atoms with Gasteiger partial charge in [0.2, 0.25) is 5.91 Å². The van der Waals surface area contributed by atoms with Crippen LogP contribution in [-0.4, -0.2) is 56.3 Å². The summed E-state index contributed by atoms with van der Waals surface area (Å²) in [6.45, 7) is 4.50. The first-order valence-corrected chi connectivity index (χ1v) is 13.7. The van der Waals surface area contributed by atoms with E-state index >= 15 is 0 Å². The second kappa shape index (κ2) is 10.2. The number of carbonyl (C=O) groups is 1. The van der Waals surface area contributed by atoms with Crippen molar-refractivity contribution in [1.29, 1.82) is 0 Å². The summed E-state index contributed by atoms with van der Waals surface area (Å²) in [5.41, 5.74) is 2.51. The molecule has 2 aliphatic rings. The summed E-state index contributed by atoms with van der Waals surface area (Å²) in [6.07, 6.45) is 11.4. The molecule has 2 atom stereocenters. The van der Waals surface area contributed by atoms with E-state index in [1.165, 1.54) is 19.3 Å². The highest BCUT2D eigenvalue weighted by atomic mass is 32.1. The number of pyridine rings is 1. The third kappa shape index (κ3) is 5.35. The first-order chi connectivity index (χ1) is 16.9. The molecule has 188 valence electrons. The lowest BCUT2D eigenvalue weighted by Gasteiger charge is -2.26. The summed E-state index contributed by atoms with van der Waals surface area (Å²) in [4.78, 5) is 33.0. The van der Waals surface area contributed by atoms with Crippen molar-refractivity contribution in [3.05, 3.63) is 33.8 Å². The molecular formula is C26H36N6O2S. The molecule has 9 heteroatoms. The Morgan fingerprint density at radius 2 is 1.97 bits per heavy atom. The second-order valence-corrected chi connectivity index (χ2v) is 11.4. The van der Waals surface area contributed by atoms with Crippen molar-refractivity contribution < 1.29 is 4.79 Å². The van der Waals surface area contributed by atoms with Crippen molar-refractivity contribution in [2.45, 2.75) is 64.5 Å². The maximum Gasteiger partial charge on any atom is 0.261 e. The fourth-order valence-electron chi connectivity index (χ4n) is 5.71. The molecule has 1 saturated heterocycles. The topological polar surface area (TPSA) is 85.0 Å². The second-order valence-electron chi connectivity index (χ2n) is 10.6. The monoisotopic (exact) mass is 496 g/mol. The molecule has 2 unspecified atom stereocenters. The smallest absolute Gasteiger partial charge is 0.261 e. The van der Waals surface area contributed by atoms with E-state index in [0.717, 1.165) is 55.0 Å². The van der Waals surface area contributed by atoms with Crippen molar-refractivity contribution in [2.75, 3.05) is 20.1 Å². The fraction of sp³-hybridized carbons (Fsp3) is 0.615. The van der Waals surface area contributed by atoms with Crippen LogP contribution in [0.4, 0.5) is 0 Å². The molecule has 0 aromatic carbocycles. The first-order valence-electron chi connectivity index (χ1n) is 12.9. The minimum Gasteiger partial charge on any atom is -0.353 e. The number of rotatable bonds is 5. The Labute approximate surface area is 210 Å². The zero-order valence-electron chi connectivity index (χ0n) is 21.0. The van der Waals surface area contributed by atoms with E-state index in [0.29, 0.717) is 23.5 Å². The van der Waals surface area contributed by atoms with E-state index in [1.54, 1.807) is 23.0 Å². The SMILES string of the molecule is Cc1csc(-c2cn(C)c(=O)c3cn(CC4CC(C(=O)NC5CCCCC5)CCN(C)C4)nc23)n1. The van der Waals surface area contributed by atoms with Crippen molar-refractivity contribution in [3.8, 4) is 10.6 Å². The molecule has 2 fully saturated rings. The van der Waals surface area contributed by atoms with Gasteiger partial charge in [0.1, 0.15) is 10.5 Å². The fourth-order valence-corrected chi connectivity index (χ4v) is 6.52. The van der Waals surface area contributed by atoms with E-state index in [4.69, 9.17) is 5.10 Å². The summed E-state index contributed by atoms with van der Waals surface area (Å²) in [6, 6.07) is 0.344. The van der Waals surface area contributed by atoms with Crippen LogP contribution in [-0.2, 0) is 18.4 Å². The van der Waals surface area contributed by atoms with Crippen molar-refractivity contribution in [3.63, 3.8) is 0 Å². The molecule has 1 N–H and O–H groups in total. The number of amides is 1. The van der Waals surface area contributed by atoms with Gasteiger partial charge in [-0.3, -0.25) is 14.3 Å². The quantitative estimate of drug-likeness (QED) is 0.584. The third-order valence-corrected chi connectivity index (χ3v) is 8.55. The van der Waals surface area contributed by atoms with Crippen molar-refractivity contribution >= 4 is 28.1 Å². The summed E-state index contributed by atoms with van der Waals surface area (Å²) in [5, 5.41) is 11.7. The van der Waals surface area contributed by atoms with Gasteiger partial charge >= 0.3 is 0 Å². The van der Waals surface area contributed by atoms with Gasteiger partial charge in [-0.25, -0.2) is 4.98 Å². The molecule has 0 spiro atoms. The number of hydrogen-bond donors (Lipinski definition) is 1. The predicted molar refractivity (Wildman–Crippen MR) is 140 cm³/mol. The predicted octanol–water partition coefficient (Wildman–Crippen LogP) is 3.57. The minimum atomic E-state index is -0.0500. The van der Waals surface area contributed by atoms with Gasteiger partial charge in [-0.15, -0.1) is 11.3 Å². The molecule has 4 heterocycles. The van der Waals surface area contributed by atoms with Crippen LogP contribution in [0.5, 0.6) is 0 Å². The van der Waals surface area contributed by atoms with Crippen LogP contribution in [0.2, 0.25) is 0 Å². The van der Waals surface area contributed by atoms with Gasteiger partial charge in [-0.1, -0.05) is 19.3 Å². The highest BCUT2D eigenvalue weighted by molar-refractivity contribution is 7.13. The van der Waals surface area contributed by atoms with Crippen LogP contribution in [0.25, 0.3) is 21.5 Å². The number of thiazole rings is 1. The standard InChI is InChI=1S/C26H36N6O2S/c1-17-16-35-25(27-17)21-14-31(3)26(34)22-15-32(29-23(21)22)13-18-11-19(9-10-30(2)12-18)24(33)28-20-7-5-4-6-8-20/h14-16,18-20H,4-13H2,1-3H3,(H,28,33). The van der Waals surface area contributed by atoms with E-state index in [1.807, 2.05) is 29.4 Å². The van der Waals surface area contributed by atoms with Crippen LogP contribution >= 0.6 is 11.3 Å². The Morgan fingerprint density at radius 1 is 1.17 bits per heavy atom. The van der Waals surface area contributed by atoms with Gasteiger partial charge in [0.25, 0.3) is 5.56 Å². The molecule has 0 radical (unpaired) electrons. The number of nitrogens with one attached hydrogen (secondary N) is 1. The molecule has 5 rings (SSSR count). The largest absolute Gasteiger partial charge is 0.353 e. The Kier molecular flexibility index (Phi) is 7.07. The maximum absolute atomic E-state index is 13.1. The number of carbonyl (C=O) groups excluding carboxylic acids is 1. The molecular weight excluding hydrogens is 460 g/mol. The van der Waals surface area contributed by atoms with Gasteiger partial charge in [-0.2, -0.15) is 5.10 Å². The zero-order chi connectivity index (χ0) is 24.5. The Balaban J connectivity index is 1.37. The molecule has 8 nitrogen and oxygen atoms in total. The maximum atomic E-state index is 13.1. The van der Waals surface area contributed by atoms with Gasteiger partial charge < -0.3 is 14.8 Å². The third-order valence-electron chi connectivity index (χ3n) is 7.55. The Morgan fingerprint density at radius 3 is 2.71 bits per heavy atom. The summed E-state index contributed by atoms with van der Waals surface area (Å²) < 4.78 is 3.53. The number of fused-ring (bicyclic) bond motifs is 1. The zero-order valence-corrected chi connectivity index (χ0v) is 21.8. The number of likely N-dealkylation sites (tertiary alicyclic amines) is 1. The average Bonchev–Trinajstić information content (AvgIpc) is 3.40. The van der Waals surface area contributed by atoms with Crippen LogP contribution < -0.4 is 10.9 Å². The molecule has 35 heavy (non-hydrogen) atoms. The molecule has 1 aliphatic carbocycles. The van der Waals surface area contributed by atoms with Gasteiger partial charge in [0, 0.05) is 55.6 Å². The van der Waals surface area contributed by atoms with Crippen LogP contribution in [0.15, 0.2) is 22.6 Å². The molecule has 3 aromatic rings. The Bertz CT molecular complexity index is 1250. The number of aryl methyl sites for hydroxylation is 2. The van der Waals surface area contributed by atoms with Crippen molar-refractivity contribution in [1.82, 2.24) is 29.5 Å². The molecule has 3 aromatic heterocycles. The number of nitrogens with zero attached hydrogens (tertiary/aromatic N) is 5. The van der Waals surface area contributed by atoms with Crippen LogP contribution in [0, 0.1) is 18.8 Å². The van der Waals surface area contributed by atoms with E-state index in [-0.39, 0.29) is 23.3 Å². The number of hydrogen-bond acceptors (Lipinski definition) is 6. The average molecular weight is 497 g/mol. The lowest BCUT2D eigenvalue weighted by molar-refractivity contribution is -0.126. The summed E-state index contributed by atoms with van der Waals surface area (Å²) in [5.74, 6) is 0.532. The van der Waals surface area contributed by atoms with Gasteiger partial charge in [0.05, 0.1) is 10.9 Å². The van der Waals surface area contributed by atoms with E-state index in [9.17, 15) is 9.59 Å². The molecule has 1 amide bonds. The first kappa shape index (κ1) is 24.2. The molecule has 1 aliphatic heterocycles. The van der Waals surface area contributed by atoms with E-state index < -0.39 is 0 Å². The molecule has 0 bridgehead atoms. The van der Waals surface area contributed by atoms with Gasteiger partial charge in [0.15, 0.2) is 0 Å². The lowest BCUT2D eigenvalue weighted by atomic mass is 9.91. The van der Waals surface area contributed by atoms with Crippen LogP contribution in [0.3, 0.4) is 0 Å². The van der Waals surface area contributed by atoms with Gasteiger partial charge in [-0.05, 0) is 52.1 Å². The highest BCUT2D eigenvalue weighted by Gasteiger charge is 2.30.